The Morgan fingerprint density at radius 3 is 2.18 bits per heavy atom. The molecule has 0 saturated carbocycles. The minimum absolute atomic E-state index is 0.0354. The number of benzene rings is 2. The molecule has 0 atom stereocenters. The molecule has 33 heavy (non-hydrogen) atoms. The SMILES string of the molecule is Cc1nn(C)cc1CN1CCN(C(=O)c2cn(-c3ccccc3)nc2-c2ccccc2)CC1. The van der Waals surface area contributed by atoms with Crippen molar-refractivity contribution in [2.24, 2.45) is 7.05 Å². The zero-order valence-electron chi connectivity index (χ0n) is 19.1. The zero-order valence-corrected chi connectivity index (χ0v) is 19.1. The summed E-state index contributed by atoms with van der Waals surface area (Å²) in [7, 11) is 1.95. The molecule has 2 aromatic carbocycles. The summed E-state index contributed by atoms with van der Waals surface area (Å²) in [6.45, 7) is 5.99. The van der Waals surface area contributed by atoms with Gasteiger partial charge in [-0.3, -0.25) is 14.4 Å². The molecule has 0 bridgehead atoms. The molecule has 1 amide bonds. The van der Waals surface area contributed by atoms with Crippen LogP contribution in [-0.4, -0.2) is 61.4 Å². The molecule has 3 heterocycles. The van der Waals surface area contributed by atoms with Crippen molar-refractivity contribution >= 4 is 5.91 Å². The van der Waals surface area contributed by atoms with Crippen molar-refractivity contribution in [3.8, 4) is 16.9 Å². The van der Waals surface area contributed by atoms with E-state index in [-0.39, 0.29) is 5.91 Å². The first-order valence-electron chi connectivity index (χ1n) is 11.3. The number of amides is 1. The number of rotatable bonds is 5. The molecule has 0 aliphatic carbocycles. The number of para-hydroxylation sites is 1. The van der Waals surface area contributed by atoms with E-state index in [0.29, 0.717) is 18.7 Å². The van der Waals surface area contributed by atoms with Gasteiger partial charge in [0.2, 0.25) is 0 Å². The second-order valence-corrected chi connectivity index (χ2v) is 8.52. The number of aryl methyl sites for hydroxylation is 2. The first kappa shape index (κ1) is 21.2. The number of hydrogen-bond donors (Lipinski definition) is 0. The summed E-state index contributed by atoms with van der Waals surface area (Å²) in [5.41, 5.74) is 5.55. The summed E-state index contributed by atoms with van der Waals surface area (Å²) in [6.07, 6.45) is 3.95. The van der Waals surface area contributed by atoms with E-state index in [1.54, 1.807) is 4.68 Å². The Balaban J connectivity index is 1.36. The van der Waals surface area contributed by atoms with Gasteiger partial charge < -0.3 is 4.90 Å². The van der Waals surface area contributed by atoms with Crippen LogP contribution in [0.4, 0.5) is 0 Å². The Morgan fingerprint density at radius 1 is 0.879 bits per heavy atom. The monoisotopic (exact) mass is 440 g/mol. The van der Waals surface area contributed by atoms with Crippen molar-refractivity contribution in [2.45, 2.75) is 13.5 Å². The van der Waals surface area contributed by atoms with Crippen molar-refractivity contribution in [3.05, 3.63) is 89.9 Å². The summed E-state index contributed by atoms with van der Waals surface area (Å²) in [4.78, 5) is 17.9. The lowest BCUT2D eigenvalue weighted by molar-refractivity contribution is 0.0629. The number of carbonyl (C=O) groups is 1. The summed E-state index contributed by atoms with van der Waals surface area (Å²) in [6, 6.07) is 19.9. The molecule has 7 heteroatoms. The van der Waals surface area contributed by atoms with Crippen LogP contribution in [0.1, 0.15) is 21.6 Å². The molecule has 1 aliphatic rings. The lowest BCUT2D eigenvalue weighted by atomic mass is 10.1. The minimum atomic E-state index is 0.0354. The van der Waals surface area contributed by atoms with Crippen LogP contribution in [0.3, 0.4) is 0 Å². The molecule has 1 saturated heterocycles. The van der Waals surface area contributed by atoms with Crippen LogP contribution in [0.5, 0.6) is 0 Å². The first-order chi connectivity index (χ1) is 16.1. The molecule has 5 rings (SSSR count). The van der Waals surface area contributed by atoms with Crippen LogP contribution >= 0.6 is 0 Å². The highest BCUT2D eigenvalue weighted by Crippen LogP contribution is 2.25. The van der Waals surface area contributed by atoms with E-state index in [2.05, 4.69) is 16.2 Å². The lowest BCUT2D eigenvalue weighted by Gasteiger charge is -2.34. The van der Waals surface area contributed by atoms with Crippen molar-refractivity contribution in [1.82, 2.24) is 29.4 Å². The van der Waals surface area contributed by atoms with E-state index in [4.69, 9.17) is 5.10 Å². The molecular formula is C26H28N6O. The maximum atomic E-state index is 13.6. The normalized spacial score (nSPS) is 14.5. The second-order valence-electron chi connectivity index (χ2n) is 8.52. The van der Waals surface area contributed by atoms with Crippen LogP contribution in [0.25, 0.3) is 16.9 Å². The highest BCUT2D eigenvalue weighted by Gasteiger charge is 2.27. The average Bonchev–Trinajstić information content (AvgIpc) is 3.43. The zero-order chi connectivity index (χ0) is 22.8. The molecule has 1 aliphatic heterocycles. The van der Waals surface area contributed by atoms with E-state index in [1.165, 1.54) is 5.56 Å². The molecule has 0 radical (unpaired) electrons. The van der Waals surface area contributed by atoms with Gasteiger partial charge in [-0.15, -0.1) is 0 Å². The minimum Gasteiger partial charge on any atom is -0.336 e. The highest BCUT2D eigenvalue weighted by atomic mass is 16.2. The van der Waals surface area contributed by atoms with Crippen LogP contribution in [-0.2, 0) is 13.6 Å². The van der Waals surface area contributed by atoms with Crippen molar-refractivity contribution in [2.75, 3.05) is 26.2 Å². The van der Waals surface area contributed by atoms with Gasteiger partial charge in [-0.2, -0.15) is 10.2 Å². The Labute approximate surface area is 193 Å². The average molecular weight is 441 g/mol. The van der Waals surface area contributed by atoms with Gasteiger partial charge in [0.15, 0.2) is 0 Å². The van der Waals surface area contributed by atoms with Gasteiger partial charge in [-0.1, -0.05) is 48.5 Å². The molecular weight excluding hydrogens is 412 g/mol. The third-order valence-corrected chi connectivity index (χ3v) is 6.18. The van der Waals surface area contributed by atoms with Gasteiger partial charge in [0.25, 0.3) is 5.91 Å². The van der Waals surface area contributed by atoms with Gasteiger partial charge in [0.1, 0.15) is 5.69 Å². The highest BCUT2D eigenvalue weighted by molar-refractivity contribution is 6.00. The number of piperazine rings is 1. The molecule has 4 aromatic rings. The van der Waals surface area contributed by atoms with Crippen LogP contribution in [0, 0.1) is 6.92 Å². The Bertz CT molecular complexity index is 1240. The topological polar surface area (TPSA) is 59.2 Å². The third-order valence-electron chi connectivity index (χ3n) is 6.18. The predicted molar refractivity (Wildman–Crippen MR) is 128 cm³/mol. The van der Waals surface area contributed by atoms with Gasteiger partial charge in [-0.05, 0) is 19.1 Å². The van der Waals surface area contributed by atoms with E-state index in [0.717, 1.165) is 42.3 Å². The number of hydrogen-bond acceptors (Lipinski definition) is 4. The van der Waals surface area contributed by atoms with Gasteiger partial charge in [0, 0.05) is 63.3 Å². The van der Waals surface area contributed by atoms with Gasteiger partial charge >= 0.3 is 0 Å². The summed E-state index contributed by atoms with van der Waals surface area (Å²) in [5.74, 6) is 0.0354. The van der Waals surface area contributed by atoms with Crippen molar-refractivity contribution in [3.63, 3.8) is 0 Å². The molecule has 0 spiro atoms. The van der Waals surface area contributed by atoms with E-state index < -0.39 is 0 Å². The number of aromatic nitrogens is 4. The van der Waals surface area contributed by atoms with Crippen molar-refractivity contribution in [1.29, 1.82) is 0 Å². The molecule has 0 N–H and O–H groups in total. The Morgan fingerprint density at radius 2 is 1.55 bits per heavy atom. The maximum Gasteiger partial charge on any atom is 0.257 e. The van der Waals surface area contributed by atoms with Crippen LogP contribution in [0.2, 0.25) is 0 Å². The molecule has 1 fully saturated rings. The summed E-state index contributed by atoms with van der Waals surface area (Å²) in [5, 5.41) is 9.24. The molecule has 168 valence electrons. The van der Waals surface area contributed by atoms with E-state index in [1.807, 2.05) is 90.4 Å². The Hall–Kier alpha value is -3.71. The third kappa shape index (κ3) is 4.45. The fourth-order valence-corrected chi connectivity index (χ4v) is 4.38. The van der Waals surface area contributed by atoms with Crippen LogP contribution in [0.15, 0.2) is 73.1 Å². The quantitative estimate of drug-likeness (QED) is 0.476. The molecule has 2 aromatic heterocycles. The summed E-state index contributed by atoms with van der Waals surface area (Å²) >= 11 is 0. The van der Waals surface area contributed by atoms with Gasteiger partial charge in [-0.25, -0.2) is 4.68 Å². The maximum absolute atomic E-state index is 13.6. The second kappa shape index (κ2) is 9.03. The molecule has 7 nitrogen and oxygen atoms in total. The summed E-state index contributed by atoms with van der Waals surface area (Å²) < 4.78 is 3.66. The van der Waals surface area contributed by atoms with Crippen LogP contribution < -0.4 is 0 Å². The predicted octanol–water partition coefficient (Wildman–Crippen LogP) is 3.54. The smallest absolute Gasteiger partial charge is 0.257 e. The number of nitrogens with zero attached hydrogens (tertiary/aromatic N) is 6. The first-order valence-corrected chi connectivity index (χ1v) is 11.3. The largest absolute Gasteiger partial charge is 0.336 e. The molecule has 0 unspecified atom stereocenters. The van der Waals surface area contributed by atoms with Crippen molar-refractivity contribution < 1.29 is 4.79 Å². The fraction of sp³-hybridized carbons (Fsp3) is 0.269. The fourth-order valence-electron chi connectivity index (χ4n) is 4.38. The van der Waals surface area contributed by atoms with E-state index in [9.17, 15) is 4.79 Å². The standard InChI is InChI=1S/C26H28N6O/c1-20-22(17-29(2)27-20)18-30-13-15-31(16-14-30)26(33)24-19-32(23-11-7-4-8-12-23)28-25(24)21-9-5-3-6-10-21/h3-12,17,19H,13-16,18H2,1-2H3. The number of carbonyl (C=O) groups excluding carboxylic acids is 1. The Kier molecular flexibility index (Phi) is 5.79. The van der Waals surface area contributed by atoms with Gasteiger partial charge in [0.05, 0.1) is 16.9 Å². The lowest BCUT2D eigenvalue weighted by Crippen LogP contribution is -2.48. The van der Waals surface area contributed by atoms with E-state index >= 15 is 0 Å².